The van der Waals surface area contributed by atoms with Crippen LogP contribution >= 0.6 is 0 Å². The molecule has 0 saturated heterocycles. The Hall–Kier alpha value is -2.11. The third-order valence-corrected chi connectivity index (χ3v) is 4.07. The van der Waals surface area contributed by atoms with Gasteiger partial charge in [-0.1, -0.05) is 90.0 Å². The van der Waals surface area contributed by atoms with Crippen molar-refractivity contribution in [3.8, 4) is 12.0 Å². The summed E-state index contributed by atoms with van der Waals surface area (Å²) in [6.07, 6.45) is 16.4. The first-order valence-corrected chi connectivity index (χ1v) is 10.3. The molecular weight excluding hydrogens is 340 g/mol. The molecule has 27 heavy (non-hydrogen) atoms. The summed E-state index contributed by atoms with van der Waals surface area (Å²) in [4.78, 5) is 12.6. The quantitative estimate of drug-likeness (QED) is 0.276. The van der Waals surface area contributed by atoms with Crippen LogP contribution in [-0.4, -0.2) is 34.7 Å². The van der Waals surface area contributed by atoms with Crippen LogP contribution in [0.5, 0.6) is 12.0 Å². The maximum atomic E-state index is 5.40. The molecule has 6 heteroatoms. The molecule has 0 radical (unpaired) electrons. The summed E-state index contributed by atoms with van der Waals surface area (Å²) in [5.41, 5.74) is 0. The van der Waals surface area contributed by atoms with Crippen LogP contribution in [0.1, 0.15) is 71.1 Å². The average Bonchev–Trinajstić information content (AvgIpc) is 2.69. The maximum Gasteiger partial charge on any atom is 0.324 e. The Morgan fingerprint density at radius 3 is 1.70 bits per heavy atom. The normalized spacial score (nSPS) is 10.4. The van der Waals surface area contributed by atoms with Crippen molar-refractivity contribution in [3.63, 3.8) is 0 Å². The summed E-state index contributed by atoms with van der Waals surface area (Å²) in [6, 6.07) is 0.462. The van der Waals surface area contributed by atoms with E-state index in [0.717, 1.165) is 13.0 Å². The molecule has 1 aromatic rings. The van der Waals surface area contributed by atoms with E-state index in [1.54, 1.807) is 12.2 Å². The fourth-order valence-corrected chi connectivity index (χ4v) is 2.63. The minimum Gasteiger partial charge on any atom is -0.459 e. The molecule has 0 saturated carbocycles. The zero-order valence-electron chi connectivity index (χ0n) is 16.9. The van der Waals surface area contributed by atoms with Crippen LogP contribution in [0.2, 0.25) is 0 Å². The number of hydrogen-bond donors (Lipinski definition) is 1. The second kappa shape index (κ2) is 16.1. The zero-order valence-corrected chi connectivity index (χ0v) is 16.9. The Bertz CT molecular complexity index is 493. The number of ether oxygens (including phenoxy) is 2. The van der Waals surface area contributed by atoms with Crippen molar-refractivity contribution in [1.29, 1.82) is 0 Å². The van der Waals surface area contributed by atoms with Crippen LogP contribution in [0.25, 0.3) is 0 Å². The molecule has 1 rings (SSSR count). The van der Waals surface area contributed by atoms with Gasteiger partial charge in [0.15, 0.2) is 0 Å². The molecule has 0 spiro atoms. The van der Waals surface area contributed by atoms with Crippen molar-refractivity contribution in [2.45, 2.75) is 71.1 Å². The molecule has 0 bridgehead atoms. The fraction of sp³-hybridized carbons (Fsp3) is 0.667. The minimum atomic E-state index is 0.231. The first kappa shape index (κ1) is 22.9. The Morgan fingerprint density at radius 1 is 0.741 bits per heavy atom. The summed E-state index contributed by atoms with van der Waals surface area (Å²) < 4.78 is 10.8. The standard InChI is InChI=1S/C21H36N4O2/c1-4-7-8-9-10-11-12-13-14-15-16-22-19-23-20(26-17-5-2)25-21(24-19)27-18-6-3/h5-6H,2-4,7-18H2,1H3,(H,22,23,24,25). The highest BCUT2D eigenvalue weighted by Crippen LogP contribution is 2.14. The zero-order chi connectivity index (χ0) is 19.6. The topological polar surface area (TPSA) is 69.2 Å². The predicted octanol–water partition coefficient (Wildman–Crippen LogP) is 5.33. The van der Waals surface area contributed by atoms with Crippen molar-refractivity contribution in [3.05, 3.63) is 25.3 Å². The van der Waals surface area contributed by atoms with Gasteiger partial charge in [-0.3, -0.25) is 0 Å². The van der Waals surface area contributed by atoms with E-state index in [9.17, 15) is 0 Å². The molecule has 1 aromatic heterocycles. The third kappa shape index (κ3) is 12.0. The molecule has 0 aliphatic heterocycles. The lowest BCUT2D eigenvalue weighted by Crippen LogP contribution is -2.10. The van der Waals surface area contributed by atoms with Crippen LogP contribution in [0.15, 0.2) is 25.3 Å². The van der Waals surface area contributed by atoms with E-state index in [1.807, 2.05) is 0 Å². The molecule has 1 heterocycles. The third-order valence-electron chi connectivity index (χ3n) is 4.07. The number of hydrogen-bond acceptors (Lipinski definition) is 6. The number of unbranched alkanes of at least 4 members (excludes halogenated alkanes) is 9. The van der Waals surface area contributed by atoms with E-state index < -0.39 is 0 Å². The lowest BCUT2D eigenvalue weighted by molar-refractivity contribution is 0.299. The second-order valence-corrected chi connectivity index (χ2v) is 6.53. The Morgan fingerprint density at radius 2 is 1.22 bits per heavy atom. The van der Waals surface area contributed by atoms with Gasteiger partial charge in [0.25, 0.3) is 0 Å². The van der Waals surface area contributed by atoms with E-state index in [1.165, 1.54) is 57.8 Å². The average molecular weight is 377 g/mol. The molecule has 0 fully saturated rings. The molecule has 0 aliphatic rings. The summed E-state index contributed by atoms with van der Waals surface area (Å²) in [7, 11) is 0. The molecule has 1 N–H and O–H groups in total. The van der Waals surface area contributed by atoms with E-state index in [2.05, 4.69) is 40.4 Å². The summed E-state index contributed by atoms with van der Waals surface area (Å²) in [5.74, 6) is 0.471. The van der Waals surface area contributed by atoms with Gasteiger partial charge in [0.05, 0.1) is 0 Å². The Labute approximate surface area is 164 Å². The SMILES string of the molecule is C=CCOc1nc(NCCCCCCCCCCCC)nc(OCC=C)n1. The summed E-state index contributed by atoms with van der Waals surface area (Å²) >= 11 is 0. The fourth-order valence-electron chi connectivity index (χ4n) is 2.63. The Balaban J connectivity index is 2.24. The van der Waals surface area contributed by atoms with Crippen molar-refractivity contribution < 1.29 is 9.47 Å². The van der Waals surface area contributed by atoms with Crippen LogP contribution < -0.4 is 14.8 Å². The lowest BCUT2D eigenvalue weighted by atomic mass is 10.1. The minimum absolute atomic E-state index is 0.231. The number of nitrogens with zero attached hydrogens (tertiary/aromatic N) is 3. The van der Waals surface area contributed by atoms with Gasteiger partial charge in [-0.05, 0) is 6.42 Å². The van der Waals surface area contributed by atoms with Crippen LogP contribution in [0.4, 0.5) is 5.95 Å². The van der Waals surface area contributed by atoms with Gasteiger partial charge in [-0.2, -0.15) is 9.97 Å². The van der Waals surface area contributed by atoms with Gasteiger partial charge in [0, 0.05) is 6.54 Å². The van der Waals surface area contributed by atoms with Gasteiger partial charge < -0.3 is 14.8 Å². The van der Waals surface area contributed by atoms with Gasteiger partial charge in [0.2, 0.25) is 5.95 Å². The van der Waals surface area contributed by atoms with Gasteiger partial charge in [-0.25, -0.2) is 0 Å². The lowest BCUT2D eigenvalue weighted by Gasteiger charge is -2.09. The van der Waals surface area contributed by atoms with E-state index in [-0.39, 0.29) is 12.0 Å². The van der Waals surface area contributed by atoms with Crippen LogP contribution in [0.3, 0.4) is 0 Å². The highest BCUT2D eigenvalue weighted by Gasteiger charge is 2.08. The van der Waals surface area contributed by atoms with Gasteiger partial charge in [-0.15, -0.1) is 4.98 Å². The largest absolute Gasteiger partial charge is 0.459 e. The van der Waals surface area contributed by atoms with E-state index in [4.69, 9.17) is 9.47 Å². The Kier molecular flexibility index (Phi) is 13.7. The highest BCUT2D eigenvalue weighted by atomic mass is 16.5. The van der Waals surface area contributed by atoms with Gasteiger partial charge in [0.1, 0.15) is 13.2 Å². The molecule has 152 valence electrons. The summed E-state index contributed by atoms with van der Waals surface area (Å²) in [5, 5.41) is 3.23. The molecule has 0 unspecified atom stereocenters. The van der Waals surface area contributed by atoms with Gasteiger partial charge >= 0.3 is 12.0 Å². The number of rotatable bonds is 18. The van der Waals surface area contributed by atoms with Crippen molar-refractivity contribution >= 4 is 5.95 Å². The number of nitrogens with one attached hydrogen (secondary N) is 1. The molecular formula is C21H36N4O2. The van der Waals surface area contributed by atoms with Crippen molar-refractivity contribution in [2.75, 3.05) is 25.1 Å². The first-order chi connectivity index (χ1) is 13.3. The number of aromatic nitrogens is 3. The molecule has 0 aliphatic carbocycles. The number of anilines is 1. The van der Waals surface area contributed by atoms with E-state index in [0.29, 0.717) is 19.2 Å². The first-order valence-electron chi connectivity index (χ1n) is 10.3. The monoisotopic (exact) mass is 376 g/mol. The summed E-state index contributed by atoms with van der Waals surface area (Å²) in [6.45, 7) is 11.0. The maximum absolute atomic E-state index is 5.40. The van der Waals surface area contributed by atoms with Crippen molar-refractivity contribution in [2.24, 2.45) is 0 Å². The predicted molar refractivity (Wildman–Crippen MR) is 112 cm³/mol. The smallest absolute Gasteiger partial charge is 0.324 e. The van der Waals surface area contributed by atoms with Crippen LogP contribution in [0, 0.1) is 0 Å². The molecule has 6 nitrogen and oxygen atoms in total. The molecule has 0 aromatic carbocycles. The van der Waals surface area contributed by atoms with Crippen LogP contribution in [-0.2, 0) is 0 Å². The molecule has 0 amide bonds. The molecule has 0 atom stereocenters. The van der Waals surface area contributed by atoms with E-state index >= 15 is 0 Å². The highest BCUT2D eigenvalue weighted by molar-refractivity contribution is 5.27. The second-order valence-electron chi connectivity index (χ2n) is 6.53. The van der Waals surface area contributed by atoms with Crippen molar-refractivity contribution in [1.82, 2.24) is 15.0 Å².